The van der Waals surface area contributed by atoms with Gasteiger partial charge in [-0.15, -0.1) is 0 Å². The molecule has 2 N–H and O–H groups in total. The Morgan fingerprint density at radius 1 is 1.39 bits per heavy atom. The van der Waals surface area contributed by atoms with Gasteiger partial charge < -0.3 is 15.4 Å². The van der Waals surface area contributed by atoms with Crippen molar-refractivity contribution >= 4 is 27.8 Å². The van der Waals surface area contributed by atoms with Gasteiger partial charge in [0.25, 0.3) is 0 Å². The van der Waals surface area contributed by atoms with Crippen molar-refractivity contribution in [2.45, 2.75) is 26.4 Å². The predicted octanol–water partition coefficient (Wildman–Crippen LogP) is 2.78. The van der Waals surface area contributed by atoms with Crippen LogP contribution in [0, 0.1) is 0 Å². The number of aromatic nitrogens is 1. The van der Waals surface area contributed by atoms with Crippen molar-refractivity contribution in [3.8, 4) is 0 Å². The molecule has 6 heteroatoms. The Hall–Kier alpha value is -1.30. The van der Waals surface area contributed by atoms with Gasteiger partial charge >= 0.3 is 6.09 Å². The van der Waals surface area contributed by atoms with E-state index in [2.05, 4.69) is 31.5 Å². The Labute approximate surface area is 115 Å². The van der Waals surface area contributed by atoms with E-state index in [1.165, 1.54) is 0 Å². The molecular formula is C12H18BrN3O2. The monoisotopic (exact) mass is 315 g/mol. The molecule has 1 heterocycles. The van der Waals surface area contributed by atoms with Gasteiger partial charge in [0.2, 0.25) is 0 Å². The largest absolute Gasteiger partial charge is 0.444 e. The fraction of sp³-hybridized carbons (Fsp3) is 0.500. The molecule has 0 fully saturated rings. The minimum atomic E-state index is -0.469. The van der Waals surface area contributed by atoms with Crippen LogP contribution in [0.2, 0.25) is 0 Å². The molecule has 0 aliphatic heterocycles. The standard InChI is InChI=1S/C12H18BrN3O2/c1-12(2,3)18-11(17)15-8-7-14-10-6-4-5-9(13)16-10/h4-6H,7-8H2,1-3H3,(H,14,16)(H,15,17). The van der Waals surface area contributed by atoms with Crippen LogP contribution in [0.1, 0.15) is 20.8 Å². The second-order valence-corrected chi connectivity index (χ2v) is 5.51. The fourth-order valence-electron chi connectivity index (χ4n) is 1.18. The SMILES string of the molecule is CC(C)(C)OC(=O)NCCNc1cccc(Br)n1. The number of hydrogen-bond donors (Lipinski definition) is 2. The lowest BCUT2D eigenvalue weighted by Crippen LogP contribution is -2.35. The normalized spacial score (nSPS) is 10.9. The molecule has 5 nitrogen and oxygen atoms in total. The van der Waals surface area contributed by atoms with Crippen molar-refractivity contribution in [3.63, 3.8) is 0 Å². The van der Waals surface area contributed by atoms with Gasteiger partial charge in [0.05, 0.1) is 0 Å². The Morgan fingerprint density at radius 3 is 2.72 bits per heavy atom. The summed E-state index contributed by atoms with van der Waals surface area (Å²) in [6, 6.07) is 5.60. The first-order valence-corrected chi connectivity index (χ1v) is 6.49. The summed E-state index contributed by atoms with van der Waals surface area (Å²) in [7, 11) is 0. The van der Waals surface area contributed by atoms with E-state index in [0.29, 0.717) is 13.1 Å². The minimum Gasteiger partial charge on any atom is -0.444 e. The zero-order valence-corrected chi connectivity index (χ0v) is 12.4. The number of carbonyl (C=O) groups excluding carboxylic acids is 1. The molecule has 18 heavy (non-hydrogen) atoms. The van der Waals surface area contributed by atoms with Crippen LogP contribution in [-0.4, -0.2) is 29.8 Å². The number of carbonyl (C=O) groups is 1. The van der Waals surface area contributed by atoms with Gasteiger partial charge in [0.1, 0.15) is 16.0 Å². The molecule has 1 aromatic rings. The van der Waals surface area contributed by atoms with Gasteiger partial charge in [-0.25, -0.2) is 9.78 Å². The lowest BCUT2D eigenvalue weighted by atomic mass is 10.2. The van der Waals surface area contributed by atoms with Crippen LogP contribution in [0.5, 0.6) is 0 Å². The van der Waals surface area contributed by atoms with Crippen molar-refractivity contribution in [2.24, 2.45) is 0 Å². The first-order chi connectivity index (χ1) is 8.37. The molecule has 0 bridgehead atoms. The summed E-state index contributed by atoms with van der Waals surface area (Å²) in [5.41, 5.74) is -0.469. The predicted molar refractivity (Wildman–Crippen MR) is 74.7 cm³/mol. The van der Waals surface area contributed by atoms with Crippen LogP contribution in [0.3, 0.4) is 0 Å². The highest BCUT2D eigenvalue weighted by Crippen LogP contribution is 2.09. The highest BCUT2D eigenvalue weighted by molar-refractivity contribution is 9.10. The highest BCUT2D eigenvalue weighted by Gasteiger charge is 2.15. The van der Waals surface area contributed by atoms with E-state index in [4.69, 9.17) is 4.74 Å². The third-order valence-corrected chi connectivity index (χ3v) is 2.26. The van der Waals surface area contributed by atoms with Crippen molar-refractivity contribution in [2.75, 3.05) is 18.4 Å². The molecule has 0 aliphatic rings. The molecule has 0 aromatic carbocycles. The summed E-state index contributed by atoms with van der Waals surface area (Å²) >= 11 is 3.29. The average Bonchev–Trinajstić information content (AvgIpc) is 2.22. The average molecular weight is 316 g/mol. The Bertz CT molecular complexity index is 405. The topological polar surface area (TPSA) is 63.2 Å². The van der Waals surface area contributed by atoms with E-state index < -0.39 is 11.7 Å². The van der Waals surface area contributed by atoms with Gasteiger partial charge in [0.15, 0.2) is 0 Å². The minimum absolute atomic E-state index is 0.411. The van der Waals surface area contributed by atoms with E-state index in [1.807, 2.05) is 39.0 Å². The van der Waals surface area contributed by atoms with Gasteiger partial charge in [0, 0.05) is 13.1 Å². The second-order valence-electron chi connectivity index (χ2n) is 4.70. The maximum atomic E-state index is 11.3. The van der Waals surface area contributed by atoms with Crippen LogP contribution < -0.4 is 10.6 Å². The van der Waals surface area contributed by atoms with E-state index in [-0.39, 0.29) is 0 Å². The van der Waals surface area contributed by atoms with Crippen LogP contribution in [0.15, 0.2) is 22.8 Å². The number of anilines is 1. The molecule has 0 unspecified atom stereocenters. The van der Waals surface area contributed by atoms with Gasteiger partial charge in [-0.1, -0.05) is 6.07 Å². The quantitative estimate of drug-likeness (QED) is 0.662. The lowest BCUT2D eigenvalue weighted by molar-refractivity contribution is 0.0530. The zero-order chi connectivity index (χ0) is 13.6. The summed E-state index contributed by atoms with van der Waals surface area (Å²) in [5.74, 6) is 0.760. The number of ether oxygens (including phenoxy) is 1. The third-order valence-electron chi connectivity index (χ3n) is 1.81. The van der Waals surface area contributed by atoms with Crippen molar-refractivity contribution in [3.05, 3.63) is 22.8 Å². The van der Waals surface area contributed by atoms with Gasteiger partial charge in [-0.2, -0.15) is 0 Å². The first kappa shape index (κ1) is 14.8. The number of amides is 1. The van der Waals surface area contributed by atoms with Crippen LogP contribution in [-0.2, 0) is 4.74 Å². The molecule has 100 valence electrons. The number of halogens is 1. The molecular weight excluding hydrogens is 298 g/mol. The highest BCUT2D eigenvalue weighted by atomic mass is 79.9. The molecule has 0 saturated heterocycles. The van der Waals surface area contributed by atoms with Gasteiger partial charge in [-0.05, 0) is 48.8 Å². The molecule has 1 aromatic heterocycles. The summed E-state index contributed by atoms with van der Waals surface area (Å²) in [5, 5.41) is 5.75. The molecule has 1 rings (SSSR count). The number of pyridine rings is 1. The Balaban J connectivity index is 2.21. The van der Waals surface area contributed by atoms with Crippen molar-refractivity contribution in [1.82, 2.24) is 10.3 Å². The Kier molecular flexibility index (Phi) is 5.40. The van der Waals surface area contributed by atoms with Crippen molar-refractivity contribution in [1.29, 1.82) is 0 Å². The van der Waals surface area contributed by atoms with E-state index in [1.54, 1.807) is 0 Å². The molecule has 0 atom stereocenters. The Morgan fingerprint density at radius 2 is 2.11 bits per heavy atom. The van der Waals surface area contributed by atoms with Crippen molar-refractivity contribution < 1.29 is 9.53 Å². The molecule has 0 spiro atoms. The molecule has 1 amide bonds. The second kappa shape index (κ2) is 6.58. The van der Waals surface area contributed by atoms with Crippen LogP contribution >= 0.6 is 15.9 Å². The molecule has 0 saturated carbocycles. The summed E-state index contributed by atoms with van der Waals surface area (Å²) in [6.45, 7) is 6.55. The lowest BCUT2D eigenvalue weighted by Gasteiger charge is -2.19. The number of nitrogens with zero attached hydrogens (tertiary/aromatic N) is 1. The number of hydrogen-bond acceptors (Lipinski definition) is 4. The van der Waals surface area contributed by atoms with Crippen LogP contribution in [0.4, 0.5) is 10.6 Å². The zero-order valence-electron chi connectivity index (χ0n) is 10.8. The van der Waals surface area contributed by atoms with E-state index >= 15 is 0 Å². The summed E-state index contributed by atoms with van der Waals surface area (Å²) in [6.07, 6.45) is -0.411. The van der Waals surface area contributed by atoms with Crippen LogP contribution in [0.25, 0.3) is 0 Å². The van der Waals surface area contributed by atoms with E-state index in [9.17, 15) is 4.79 Å². The number of nitrogens with one attached hydrogen (secondary N) is 2. The maximum absolute atomic E-state index is 11.3. The summed E-state index contributed by atoms with van der Waals surface area (Å²) in [4.78, 5) is 15.6. The van der Waals surface area contributed by atoms with E-state index in [0.717, 1.165) is 10.4 Å². The van der Waals surface area contributed by atoms with Gasteiger partial charge in [-0.3, -0.25) is 0 Å². The molecule has 0 radical (unpaired) electrons. The molecule has 0 aliphatic carbocycles. The third kappa shape index (κ3) is 6.44. The first-order valence-electron chi connectivity index (χ1n) is 5.70. The smallest absolute Gasteiger partial charge is 0.407 e. The maximum Gasteiger partial charge on any atom is 0.407 e. The summed E-state index contributed by atoms with van der Waals surface area (Å²) < 4.78 is 5.88. The number of alkyl carbamates (subject to hydrolysis) is 1. The number of rotatable bonds is 4. The fourth-order valence-corrected chi connectivity index (χ4v) is 1.52.